The molecule has 1 aliphatic rings. The van der Waals surface area contributed by atoms with E-state index in [1.54, 1.807) is 0 Å². The first-order valence-corrected chi connectivity index (χ1v) is 8.57. The van der Waals surface area contributed by atoms with Gasteiger partial charge in [-0.3, -0.25) is 15.2 Å². The van der Waals surface area contributed by atoms with Crippen molar-refractivity contribution >= 4 is 22.8 Å². The average Bonchev–Trinajstić information content (AvgIpc) is 3.34. The van der Waals surface area contributed by atoms with Gasteiger partial charge < -0.3 is 9.30 Å². The number of aryl methyl sites for hydroxylation is 2. The molecule has 1 fully saturated rings. The van der Waals surface area contributed by atoms with Crippen molar-refractivity contribution in [2.75, 3.05) is 11.9 Å². The van der Waals surface area contributed by atoms with Crippen molar-refractivity contribution in [1.29, 1.82) is 0 Å². The van der Waals surface area contributed by atoms with Gasteiger partial charge in [-0.1, -0.05) is 18.2 Å². The molecule has 1 aliphatic heterocycles. The molecule has 2 aromatic heterocycles. The van der Waals surface area contributed by atoms with Gasteiger partial charge in [0.25, 0.3) is 0 Å². The predicted octanol–water partition coefficient (Wildman–Crippen LogP) is 2.72. The number of fused-ring (bicyclic) bond motifs is 1. The molecule has 3 heterocycles. The quantitative estimate of drug-likeness (QED) is 0.748. The Morgan fingerprint density at radius 3 is 3.16 bits per heavy atom. The monoisotopic (exact) mass is 339 g/mol. The van der Waals surface area contributed by atoms with E-state index in [1.165, 1.54) is 16.5 Å². The third-order valence-electron chi connectivity index (χ3n) is 4.59. The topological polar surface area (TPSA) is 84.8 Å². The lowest BCUT2D eigenvalue weighted by atomic mass is 10.1. The van der Waals surface area contributed by atoms with E-state index in [0.717, 1.165) is 19.4 Å². The number of aromatic nitrogens is 4. The minimum Gasteiger partial charge on any atom is -0.370 e. The van der Waals surface area contributed by atoms with Crippen molar-refractivity contribution in [3.05, 3.63) is 41.9 Å². The lowest BCUT2D eigenvalue weighted by molar-refractivity contribution is -0.116. The number of amides is 1. The molecule has 25 heavy (non-hydrogen) atoms. The molecule has 1 aromatic carbocycles. The van der Waals surface area contributed by atoms with Crippen LogP contribution >= 0.6 is 0 Å². The van der Waals surface area contributed by atoms with Crippen molar-refractivity contribution in [3.63, 3.8) is 0 Å². The highest BCUT2D eigenvalue weighted by molar-refractivity contribution is 5.90. The Bertz CT molecular complexity index is 892. The Morgan fingerprint density at radius 2 is 2.32 bits per heavy atom. The summed E-state index contributed by atoms with van der Waals surface area (Å²) < 4.78 is 7.65. The van der Waals surface area contributed by atoms with Crippen molar-refractivity contribution in [2.45, 2.75) is 31.8 Å². The van der Waals surface area contributed by atoms with Gasteiger partial charge in [-0.05, 0) is 30.9 Å². The van der Waals surface area contributed by atoms with Crippen molar-refractivity contribution in [2.24, 2.45) is 7.05 Å². The Kier molecular flexibility index (Phi) is 4.23. The maximum Gasteiger partial charge on any atom is 0.248 e. The number of anilines is 1. The number of carbonyl (C=O) groups is 1. The molecule has 0 spiro atoms. The smallest absolute Gasteiger partial charge is 0.248 e. The van der Waals surface area contributed by atoms with Crippen LogP contribution in [0.1, 0.15) is 36.8 Å². The lowest BCUT2D eigenvalue weighted by Crippen LogP contribution is -2.13. The third-order valence-corrected chi connectivity index (χ3v) is 4.59. The fourth-order valence-electron chi connectivity index (χ4n) is 3.33. The van der Waals surface area contributed by atoms with E-state index in [2.05, 4.69) is 43.4 Å². The molecule has 7 heteroatoms. The molecule has 3 aromatic rings. The molecule has 4 rings (SSSR count). The third kappa shape index (κ3) is 3.28. The van der Waals surface area contributed by atoms with Gasteiger partial charge in [0, 0.05) is 37.2 Å². The Balaban J connectivity index is 1.37. The summed E-state index contributed by atoms with van der Waals surface area (Å²) in [7, 11) is 2.02. The van der Waals surface area contributed by atoms with E-state index in [-0.39, 0.29) is 12.0 Å². The number of hydrogen-bond acceptors (Lipinski definition) is 4. The summed E-state index contributed by atoms with van der Waals surface area (Å²) in [4.78, 5) is 16.5. The molecule has 1 unspecified atom stereocenters. The second-order valence-electron chi connectivity index (χ2n) is 6.38. The van der Waals surface area contributed by atoms with Crippen LogP contribution in [0.25, 0.3) is 10.9 Å². The fourth-order valence-corrected chi connectivity index (χ4v) is 3.33. The maximum atomic E-state index is 12.2. The first kappa shape index (κ1) is 15.8. The molecule has 1 atom stereocenters. The van der Waals surface area contributed by atoms with Gasteiger partial charge in [-0.2, -0.15) is 4.98 Å². The summed E-state index contributed by atoms with van der Waals surface area (Å²) in [5.41, 5.74) is 2.34. The number of nitrogens with zero attached hydrogens (tertiary/aromatic N) is 3. The van der Waals surface area contributed by atoms with Crippen LogP contribution in [0.2, 0.25) is 0 Å². The Hall–Kier alpha value is -2.67. The standard InChI is InChI=1S/C18H21N5O2/c1-23-11-12(13-5-2-3-6-14(13)23)8-9-16(24)19-18-20-17(21-22-18)15-7-4-10-25-15/h2-3,5-6,11,15H,4,7-10H2,1H3,(H2,19,20,21,22,24). The van der Waals surface area contributed by atoms with E-state index >= 15 is 0 Å². The fraction of sp³-hybridized carbons (Fsp3) is 0.389. The number of ether oxygens (including phenoxy) is 1. The zero-order valence-corrected chi connectivity index (χ0v) is 14.2. The Labute approximate surface area is 145 Å². The van der Waals surface area contributed by atoms with E-state index in [1.807, 2.05) is 19.2 Å². The first-order valence-electron chi connectivity index (χ1n) is 8.57. The number of carbonyl (C=O) groups excluding carboxylic acids is 1. The molecule has 1 saturated heterocycles. The highest BCUT2D eigenvalue weighted by Gasteiger charge is 2.21. The number of benzene rings is 1. The highest BCUT2D eigenvalue weighted by Crippen LogP contribution is 2.26. The summed E-state index contributed by atoms with van der Waals surface area (Å²) in [5.74, 6) is 0.904. The first-order chi connectivity index (χ1) is 12.2. The number of hydrogen-bond donors (Lipinski definition) is 2. The molecule has 0 bridgehead atoms. The van der Waals surface area contributed by atoms with Crippen LogP contribution in [-0.2, 0) is 23.0 Å². The van der Waals surface area contributed by atoms with Gasteiger partial charge in [-0.15, -0.1) is 5.10 Å². The normalized spacial score (nSPS) is 17.2. The Morgan fingerprint density at radius 1 is 1.44 bits per heavy atom. The largest absolute Gasteiger partial charge is 0.370 e. The van der Waals surface area contributed by atoms with Gasteiger partial charge in [0.2, 0.25) is 11.9 Å². The zero-order valence-electron chi connectivity index (χ0n) is 14.2. The van der Waals surface area contributed by atoms with E-state index < -0.39 is 0 Å². The summed E-state index contributed by atoms with van der Waals surface area (Å²) >= 11 is 0. The van der Waals surface area contributed by atoms with Crippen LogP contribution in [0.15, 0.2) is 30.5 Å². The summed E-state index contributed by atoms with van der Waals surface area (Å²) in [6, 6.07) is 8.21. The number of H-pyrrole nitrogens is 1. The minimum absolute atomic E-state index is 0.0335. The van der Waals surface area contributed by atoms with E-state index in [4.69, 9.17) is 4.74 Å². The molecule has 0 saturated carbocycles. The van der Waals surface area contributed by atoms with Gasteiger partial charge in [0.15, 0.2) is 5.82 Å². The minimum atomic E-state index is -0.0918. The van der Waals surface area contributed by atoms with Gasteiger partial charge in [0.1, 0.15) is 6.10 Å². The molecule has 0 aliphatic carbocycles. The van der Waals surface area contributed by atoms with Crippen LogP contribution in [-0.4, -0.2) is 32.3 Å². The van der Waals surface area contributed by atoms with Crippen LogP contribution in [0.5, 0.6) is 0 Å². The van der Waals surface area contributed by atoms with Crippen molar-refractivity contribution in [3.8, 4) is 0 Å². The lowest BCUT2D eigenvalue weighted by Gasteiger charge is -2.03. The predicted molar refractivity (Wildman–Crippen MR) is 94.2 cm³/mol. The molecule has 130 valence electrons. The van der Waals surface area contributed by atoms with Crippen molar-refractivity contribution in [1.82, 2.24) is 19.7 Å². The second kappa shape index (κ2) is 6.68. The van der Waals surface area contributed by atoms with Crippen LogP contribution in [0.3, 0.4) is 0 Å². The number of rotatable bonds is 5. The molecule has 1 amide bonds. The van der Waals surface area contributed by atoms with Gasteiger partial charge >= 0.3 is 0 Å². The van der Waals surface area contributed by atoms with E-state index in [9.17, 15) is 4.79 Å². The molecule has 7 nitrogen and oxygen atoms in total. The van der Waals surface area contributed by atoms with Crippen LogP contribution < -0.4 is 5.32 Å². The SMILES string of the molecule is Cn1cc(CCC(=O)Nc2n[nH]c(C3CCCO3)n2)c2ccccc21. The highest BCUT2D eigenvalue weighted by atomic mass is 16.5. The summed E-state index contributed by atoms with van der Waals surface area (Å²) in [6.45, 7) is 0.748. The van der Waals surface area contributed by atoms with Crippen LogP contribution in [0, 0.1) is 0 Å². The number of para-hydroxylation sites is 1. The summed E-state index contributed by atoms with van der Waals surface area (Å²) in [6.07, 6.45) is 5.07. The van der Waals surface area contributed by atoms with Gasteiger partial charge in [0.05, 0.1) is 0 Å². The van der Waals surface area contributed by atoms with E-state index in [0.29, 0.717) is 24.6 Å². The van der Waals surface area contributed by atoms with Crippen LogP contribution in [0.4, 0.5) is 5.95 Å². The number of aromatic amines is 1. The molecular weight excluding hydrogens is 318 g/mol. The molecule has 2 N–H and O–H groups in total. The molecular formula is C18H21N5O2. The molecule has 0 radical (unpaired) electrons. The average molecular weight is 339 g/mol. The second-order valence-corrected chi connectivity index (χ2v) is 6.38. The van der Waals surface area contributed by atoms with Gasteiger partial charge in [-0.25, -0.2) is 0 Å². The number of nitrogens with one attached hydrogen (secondary N) is 2. The van der Waals surface area contributed by atoms with Crippen molar-refractivity contribution < 1.29 is 9.53 Å². The summed E-state index contributed by atoms with van der Waals surface area (Å²) in [5, 5.41) is 10.9. The zero-order chi connectivity index (χ0) is 17.2. The maximum absolute atomic E-state index is 12.2.